The molecular weight excluding hydrogens is 649 g/mol. The van der Waals surface area contributed by atoms with Gasteiger partial charge in [0.25, 0.3) is 0 Å². The van der Waals surface area contributed by atoms with Crippen molar-refractivity contribution in [2.75, 3.05) is 4.90 Å². The molecule has 218 valence electrons. The predicted molar refractivity (Wildman–Crippen MR) is 194 cm³/mol. The molecule has 0 bridgehead atoms. The van der Waals surface area contributed by atoms with E-state index in [1.54, 1.807) is 0 Å². The standard InChI is InChI=1S/C40H36IN3/c1-26-39(2,3)32-25-36-31(24-33(32)40(26,37-21-11-12-22-42-37)38-34(41)19-13-23-43-38)29-17-8-7-16-28(29)30-18-9-10-20-35(30)44(36)27-14-5-4-6-15-27/h4-10,12-20,22-26,34,38H,11,21H2,1-3H3/t26?,34?,38?,40-/m1/s1. The number of nitrogens with zero attached hydrogens (tertiary/aromatic N) is 3. The zero-order valence-electron chi connectivity index (χ0n) is 25.4. The van der Waals surface area contributed by atoms with Crippen molar-refractivity contribution < 1.29 is 0 Å². The Hall–Kier alpha value is -3.77. The summed E-state index contributed by atoms with van der Waals surface area (Å²) in [5.41, 5.74) is 12.3. The van der Waals surface area contributed by atoms with Gasteiger partial charge in [-0.25, -0.2) is 0 Å². The van der Waals surface area contributed by atoms with Crippen LogP contribution in [0.3, 0.4) is 0 Å². The van der Waals surface area contributed by atoms with Crippen LogP contribution in [0.15, 0.2) is 125 Å². The first kappa shape index (κ1) is 27.8. The maximum absolute atomic E-state index is 5.29. The minimum Gasteiger partial charge on any atom is -0.309 e. The largest absolute Gasteiger partial charge is 0.309 e. The Labute approximate surface area is 274 Å². The summed E-state index contributed by atoms with van der Waals surface area (Å²) in [7, 11) is 0. The summed E-state index contributed by atoms with van der Waals surface area (Å²) in [5, 5.41) is 0. The number of para-hydroxylation sites is 2. The number of anilines is 3. The van der Waals surface area contributed by atoms with Crippen molar-refractivity contribution in [3.63, 3.8) is 0 Å². The van der Waals surface area contributed by atoms with Crippen LogP contribution in [0, 0.1) is 5.92 Å². The molecule has 0 N–H and O–H groups in total. The second-order valence-corrected chi connectivity index (χ2v) is 14.5. The number of dihydropyridines is 1. The monoisotopic (exact) mass is 685 g/mol. The second kappa shape index (κ2) is 10.4. The quantitative estimate of drug-likeness (QED) is 0.137. The molecule has 4 atom stereocenters. The van der Waals surface area contributed by atoms with Gasteiger partial charge in [-0.1, -0.05) is 116 Å². The van der Waals surface area contributed by atoms with Gasteiger partial charge in [-0.3, -0.25) is 9.98 Å². The van der Waals surface area contributed by atoms with Crippen LogP contribution in [0.2, 0.25) is 0 Å². The number of allylic oxidation sites excluding steroid dienone is 2. The molecule has 3 unspecified atom stereocenters. The molecule has 3 nitrogen and oxygen atoms in total. The van der Waals surface area contributed by atoms with Crippen LogP contribution in [0.5, 0.6) is 0 Å². The zero-order chi connectivity index (χ0) is 30.1. The molecule has 3 aliphatic heterocycles. The highest BCUT2D eigenvalue weighted by Gasteiger charge is 2.61. The lowest BCUT2D eigenvalue weighted by molar-refractivity contribution is 0.257. The van der Waals surface area contributed by atoms with Gasteiger partial charge in [-0.15, -0.1) is 0 Å². The molecule has 0 fully saturated rings. The first-order valence-corrected chi connectivity index (χ1v) is 17.0. The van der Waals surface area contributed by atoms with Gasteiger partial charge in [0.15, 0.2) is 0 Å². The van der Waals surface area contributed by atoms with E-state index in [1.165, 1.54) is 56.2 Å². The maximum atomic E-state index is 5.29. The van der Waals surface area contributed by atoms with Gasteiger partial charge in [0.1, 0.15) is 0 Å². The van der Waals surface area contributed by atoms with Crippen LogP contribution < -0.4 is 4.90 Å². The normalized spacial score (nSPS) is 25.9. The molecule has 4 aromatic rings. The first-order chi connectivity index (χ1) is 21.4. The van der Waals surface area contributed by atoms with Crippen molar-refractivity contribution in [2.45, 2.75) is 54.4 Å². The lowest BCUT2D eigenvalue weighted by Crippen LogP contribution is -2.54. The SMILES string of the molecule is CC1C(C)(C)c2cc3c(cc2[C@]1(C1=NC=CCC1)C1N=CC=CC1I)-c1ccccc1-c1ccccc1N3c1ccccc1. The minimum absolute atomic E-state index is 0.0652. The van der Waals surface area contributed by atoms with Crippen LogP contribution in [-0.4, -0.2) is 21.9 Å². The number of aliphatic imine (C=N–C) groups is 2. The summed E-state index contributed by atoms with van der Waals surface area (Å²) in [6.07, 6.45) is 12.7. The van der Waals surface area contributed by atoms with Crippen molar-refractivity contribution in [3.8, 4) is 22.3 Å². The van der Waals surface area contributed by atoms with Crippen molar-refractivity contribution in [1.29, 1.82) is 0 Å². The van der Waals surface area contributed by atoms with Gasteiger partial charge in [-0.05, 0) is 82.8 Å². The third-order valence-corrected chi connectivity index (χ3v) is 11.8. The summed E-state index contributed by atoms with van der Waals surface area (Å²) in [5.74, 6) is 0.292. The fourth-order valence-corrected chi connectivity index (χ4v) is 9.39. The van der Waals surface area contributed by atoms with Crippen LogP contribution in [0.1, 0.15) is 44.7 Å². The molecule has 0 saturated carbocycles. The van der Waals surface area contributed by atoms with Crippen molar-refractivity contribution in [1.82, 2.24) is 0 Å². The summed E-state index contributed by atoms with van der Waals surface area (Å²) in [4.78, 5) is 13.0. The molecule has 0 amide bonds. The fourth-order valence-electron chi connectivity index (χ4n) is 8.40. The topological polar surface area (TPSA) is 28.0 Å². The van der Waals surface area contributed by atoms with E-state index in [2.05, 4.69) is 157 Å². The van der Waals surface area contributed by atoms with Gasteiger partial charge >= 0.3 is 0 Å². The number of alkyl halides is 1. The molecule has 0 radical (unpaired) electrons. The summed E-state index contributed by atoms with van der Waals surface area (Å²) in [6.45, 7) is 7.35. The molecule has 0 aromatic heterocycles. The van der Waals surface area contributed by atoms with Gasteiger partial charge in [0.2, 0.25) is 0 Å². The van der Waals surface area contributed by atoms with E-state index >= 15 is 0 Å². The predicted octanol–water partition coefficient (Wildman–Crippen LogP) is 10.5. The van der Waals surface area contributed by atoms with E-state index in [-0.39, 0.29) is 20.8 Å². The third kappa shape index (κ3) is 3.86. The van der Waals surface area contributed by atoms with Crippen LogP contribution in [0.25, 0.3) is 22.3 Å². The number of fused-ring (bicyclic) bond motifs is 6. The molecule has 4 aliphatic rings. The third-order valence-electron chi connectivity index (χ3n) is 10.7. The van der Waals surface area contributed by atoms with Crippen LogP contribution in [0.4, 0.5) is 17.1 Å². The lowest BCUT2D eigenvalue weighted by Gasteiger charge is -2.46. The fraction of sp³-hybridized carbons (Fsp3) is 0.250. The Balaban J connectivity index is 1.50. The van der Waals surface area contributed by atoms with Crippen molar-refractivity contribution in [2.24, 2.45) is 15.9 Å². The molecule has 4 heteroatoms. The van der Waals surface area contributed by atoms with E-state index in [0.717, 1.165) is 12.8 Å². The van der Waals surface area contributed by atoms with E-state index in [0.29, 0.717) is 5.92 Å². The minimum atomic E-state index is -0.322. The van der Waals surface area contributed by atoms with E-state index < -0.39 is 0 Å². The highest BCUT2D eigenvalue weighted by atomic mass is 127. The molecule has 44 heavy (non-hydrogen) atoms. The number of halogens is 1. The van der Waals surface area contributed by atoms with E-state index in [4.69, 9.17) is 9.98 Å². The first-order valence-electron chi connectivity index (χ1n) is 15.7. The molecular formula is C40H36IN3. The maximum Gasteiger partial charge on any atom is 0.0804 e. The van der Waals surface area contributed by atoms with Crippen LogP contribution >= 0.6 is 22.6 Å². The van der Waals surface area contributed by atoms with Gasteiger partial charge in [0, 0.05) is 34.9 Å². The molecule has 1 aliphatic carbocycles. The van der Waals surface area contributed by atoms with Crippen molar-refractivity contribution >= 4 is 51.6 Å². The Kier molecular flexibility index (Phi) is 6.56. The highest BCUT2D eigenvalue weighted by molar-refractivity contribution is 14.1. The summed E-state index contributed by atoms with van der Waals surface area (Å²) < 4.78 is 0.270. The molecule has 8 rings (SSSR count). The molecule has 0 saturated heterocycles. The smallest absolute Gasteiger partial charge is 0.0804 e. The molecule has 0 spiro atoms. The number of benzene rings is 4. The van der Waals surface area contributed by atoms with Gasteiger partial charge in [0.05, 0.1) is 26.8 Å². The Morgan fingerprint density at radius 1 is 0.795 bits per heavy atom. The number of hydrogen-bond acceptors (Lipinski definition) is 3. The van der Waals surface area contributed by atoms with Crippen molar-refractivity contribution in [3.05, 3.63) is 127 Å². The summed E-state index contributed by atoms with van der Waals surface area (Å²) in [6, 6.07) is 33.8. The lowest BCUT2D eigenvalue weighted by atomic mass is 9.60. The Morgan fingerprint density at radius 2 is 1.50 bits per heavy atom. The van der Waals surface area contributed by atoms with E-state index in [9.17, 15) is 0 Å². The average molecular weight is 686 g/mol. The average Bonchev–Trinajstić information content (AvgIpc) is 3.16. The van der Waals surface area contributed by atoms with Gasteiger partial charge in [-0.2, -0.15) is 0 Å². The van der Waals surface area contributed by atoms with Gasteiger partial charge < -0.3 is 4.90 Å². The zero-order valence-corrected chi connectivity index (χ0v) is 27.6. The molecule has 4 aromatic carbocycles. The highest BCUT2D eigenvalue weighted by Crippen LogP contribution is 2.62. The Bertz CT molecular complexity index is 1900. The van der Waals surface area contributed by atoms with E-state index in [1.807, 2.05) is 12.4 Å². The Morgan fingerprint density at radius 3 is 2.23 bits per heavy atom. The number of rotatable bonds is 3. The summed E-state index contributed by atoms with van der Waals surface area (Å²) >= 11 is 2.61. The number of hydrogen-bond donors (Lipinski definition) is 0. The molecule has 3 heterocycles. The van der Waals surface area contributed by atoms with Crippen LogP contribution in [-0.2, 0) is 10.8 Å². The second-order valence-electron chi connectivity index (χ2n) is 13.0.